The van der Waals surface area contributed by atoms with E-state index in [-0.39, 0.29) is 18.3 Å². The molecule has 1 heterocycles. The van der Waals surface area contributed by atoms with Crippen molar-refractivity contribution in [2.24, 2.45) is 5.73 Å². The van der Waals surface area contributed by atoms with Crippen molar-refractivity contribution in [3.05, 3.63) is 46.8 Å². The molecule has 1 aromatic heterocycles. The average molecular weight is 397 g/mol. The molecule has 1 atom stereocenters. The molecular weight excluding hydrogens is 368 g/mol. The van der Waals surface area contributed by atoms with Crippen LogP contribution in [0.25, 0.3) is 5.69 Å². The molecule has 0 bridgehead atoms. The lowest BCUT2D eigenvalue weighted by molar-refractivity contribution is -0.131. The van der Waals surface area contributed by atoms with E-state index >= 15 is 0 Å². The van der Waals surface area contributed by atoms with Crippen LogP contribution in [-0.2, 0) is 11.3 Å². The molecule has 144 valence electrons. The number of nitrogens with zero attached hydrogens (tertiary/aromatic N) is 3. The number of thioether (sulfide) groups is 1. The van der Waals surface area contributed by atoms with Gasteiger partial charge in [-0.1, -0.05) is 18.2 Å². The topological polar surface area (TPSA) is 64.2 Å². The van der Waals surface area contributed by atoms with E-state index in [1.165, 1.54) is 5.56 Å². The molecule has 2 rings (SSSR count). The minimum absolute atomic E-state index is 0. The van der Waals surface area contributed by atoms with Crippen LogP contribution in [0, 0.1) is 20.8 Å². The summed E-state index contributed by atoms with van der Waals surface area (Å²) in [4.78, 5) is 14.2. The lowest BCUT2D eigenvalue weighted by Crippen LogP contribution is -2.41. The molecule has 1 amide bonds. The van der Waals surface area contributed by atoms with E-state index < -0.39 is 6.04 Å². The van der Waals surface area contributed by atoms with Crippen molar-refractivity contribution >= 4 is 30.1 Å². The lowest BCUT2D eigenvalue weighted by atomic mass is 10.1. The Hall–Kier alpha value is -1.50. The number of amides is 1. The van der Waals surface area contributed by atoms with E-state index in [1.807, 2.05) is 44.0 Å². The van der Waals surface area contributed by atoms with Crippen LogP contribution >= 0.6 is 24.2 Å². The zero-order chi connectivity index (χ0) is 18.6. The minimum Gasteiger partial charge on any atom is -0.340 e. The standard InChI is InChI=1S/C19H28N4OS.ClH/c1-13-8-6-7-9-18(13)23-15(3)16(14(2)21-23)12-22(4)19(24)17(20)10-11-25-5;/h6-9,17H,10-12,20H2,1-5H3;1H/t17-;/m0./s1. The number of aromatic nitrogens is 2. The van der Waals surface area contributed by atoms with Gasteiger partial charge in [-0.3, -0.25) is 4.79 Å². The monoisotopic (exact) mass is 396 g/mol. The summed E-state index contributed by atoms with van der Waals surface area (Å²) in [5.74, 6) is 0.876. The van der Waals surface area contributed by atoms with E-state index in [0.717, 1.165) is 28.4 Å². The Kier molecular flexibility index (Phi) is 8.67. The minimum atomic E-state index is -0.440. The first kappa shape index (κ1) is 22.5. The Labute approximate surface area is 166 Å². The zero-order valence-corrected chi connectivity index (χ0v) is 17.8. The summed E-state index contributed by atoms with van der Waals surface area (Å²) in [5, 5.41) is 4.69. The molecule has 0 spiro atoms. The first-order chi connectivity index (χ1) is 11.9. The van der Waals surface area contributed by atoms with Crippen molar-refractivity contribution in [1.82, 2.24) is 14.7 Å². The molecule has 0 aliphatic heterocycles. The van der Waals surface area contributed by atoms with E-state index in [9.17, 15) is 4.79 Å². The van der Waals surface area contributed by atoms with Crippen LogP contribution in [0.4, 0.5) is 0 Å². The van der Waals surface area contributed by atoms with Crippen molar-refractivity contribution in [2.75, 3.05) is 19.1 Å². The molecule has 1 aromatic carbocycles. The molecule has 7 heteroatoms. The molecule has 26 heavy (non-hydrogen) atoms. The summed E-state index contributed by atoms with van der Waals surface area (Å²) < 4.78 is 1.96. The third kappa shape index (κ3) is 5.02. The Morgan fingerprint density at radius 1 is 1.31 bits per heavy atom. The maximum atomic E-state index is 12.5. The smallest absolute Gasteiger partial charge is 0.239 e. The molecule has 2 N–H and O–H groups in total. The fourth-order valence-electron chi connectivity index (χ4n) is 2.91. The summed E-state index contributed by atoms with van der Waals surface area (Å²) in [6.45, 7) is 6.64. The van der Waals surface area contributed by atoms with Gasteiger partial charge < -0.3 is 10.6 Å². The number of rotatable bonds is 7. The zero-order valence-electron chi connectivity index (χ0n) is 16.2. The fraction of sp³-hybridized carbons (Fsp3) is 0.474. The van der Waals surface area contributed by atoms with Crippen LogP contribution in [0.15, 0.2) is 24.3 Å². The Balaban J connectivity index is 0.00000338. The molecule has 0 saturated carbocycles. The first-order valence-electron chi connectivity index (χ1n) is 8.47. The Morgan fingerprint density at radius 2 is 1.96 bits per heavy atom. The van der Waals surface area contributed by atoms with E-state index in [0.29, 0.717) is 13.0 Å². The molecule has 0 saturated heterocycles. The number of para-hydroxylation sites is 1. The fourth-order valence-corrected chi connectivity index (χ4v) is 3.40. The second-order valence-corrected chi connectivity index (χ2v) is 7.42. The number of hydrogen-bond acceptors (Lipinski definition) is 4. The number of halogens is 1. The van der Waals surface area contributed by atoms with Gasteiger partial charge in [-0.2, -0.15) is 16.9 Å². The van der Waals surface area contributed by atoms with E-state index in [2.05, 4.69) is 19.1 Å². The maximum absolute atomic E-state index is 12.5. The van der Waals surface area contributed by atoms with Crippen molar-refractivity contribution in [1.29, 1.82) is 0 Å². The normalized spacial score (nSPS) is 11.8. The molecule has 0 unspecified atom stereocenters. The van der Waals surface area contributed by atoms with Crippen molar-refractivity contribution in [2.45, 2.75) is 39.8 Å². The highest BCUT2D eigenvalue weighted by molar-refractivity contribution is 7.98. The molecule has 0 aliphatic carbocycles. The molecule has 0 aliphatic rings. The van der Waals surface area contributed by atoms with Crippen LogP contribution in [0.2, 0.25) is 0 Å². The van der Waals surface area contributed by atoms with Crippen molar-refractivity contribution in [3.63, 3.8) is 0 Å². The predicted octanol–water partition coefficient (Wildman–Crippen LogP) is 3.26. The molecule has 2 aromatic rings. The number of aryl methyl sites for hydroxylation is 2. The third-order valence-corrected chi connectivity index (χ3v) is 5.15. The molecule has 5 nitrogen and oxygen atoms in total. The van der Waals surface area contributed by atoms with E-state index in [4.69, 9.17) is 10.8 Å². The summed E-state index contributed by atoms with van der Waals surface area (Å²) >= 11 is 1.71. The van der Waals surface area contributed by atoms with Gasteiger partial charge in [-0.25, -0.2) is 4.68 Å². The molecule has 0 radical (unpaired) electrons. The van der Waals surface area contributed by atoms with Crippen LogP contribution in [0.3, 0.4) is 0 Å². The SMILES string of the molecule is CSCC[C@H](N)C(=O)N(C)Cc1c(C)nn(-c2ccccc2C)c1C.Cl. The molecular formula is C19H29ClN4OS. The highest BCUT2D eigenvalue weighted by Gasteiger charge is 2.21. The summed E-state index contributed by atoms with van der Waals surface area (Å²) in [6, 6.07) is 7.73. The Bertz CT molecular complexity index is 747. The second-order valence-electron chi connectivity index (χ2n) is 6.43. The number of carbonyl (C=O) groups is 1. The second kappa shape index (κ2) is 10.00. The number of carbonyl (C=O) groups excluding carboxylic acids is 1. The highest BCUT2D eigenvalue weighted by Crippen LogP contribution is 2.21. The van der Waals surface area contributed by atoms with Gasteiger partial charge >= 0.3 is 0 Å². The van der Waals surface area contributed by atoms with Gasteiger partial charge in [0.1, 0.15) is 0 Å². The largest absolute Gasteiger partial charge is 0.340 e. The summed E-state index contributed by atoms with van der Waals surface area (Å²) in [6.07, 6.45) is 2.72. The lowest BCUT2D eigenvalue weighted by Gasteiger charge is -2.21. The van der Waals surface area contributed by atoms with Gasteiger partial charge in [0.2, 0.25) is 5.91 Å². The highest BCUT2D eigenvalue weighted by atomic mass is 35.5. The number of likely N-dealkylation sites (N-methyl/N-ethyl adjacent to an activating group) is 1. The Morgan fingerprint density at radius 3 is 2.58 bits per heavy atom. The summed E-state index contributed by atoms with van der Waals surface area (Å²) in [5.41, 5.74) is 11.3. The first-order valence-corrected chi connectivity index (χ1v) is 9.86. The van der Waals surface area contributed by atoms with Crippen molar-refractivity contribution in [3.8, 4) is 5.69 Å². The van der Waals surface area contributed by atoms with Crippen LogP contribution < -0.4 is 5.73 Å². The van der Waals surface area contributed by atoms with Gasteiger partial charge in [0.15, 0.2) is 0 Å². The van der Waals surface area contributed by atoms with Crippen LogP contribution in [0.1, 0.15) is 28.9 Å². The van der Waals surface area contributed by atoms with Gasteiger partial charge in [-0.05, 0) is 50.8 Å². The van der Waals surface area contributed by atoms with Gasteiger partial charge in [0.05, 0.1) is 17.4 Å². The van der Waals surface area contributed by atoms with Crippen LogP contribution in [-0.4, -0.2) is 45.7 Å². The van der Waals surface area contributed by atoms with Crippen molar-refractivity contribution < 1.29 is 4.79 Å². The summed E-state index contributed by atoms with van der Waals surface area (Å²) in [7, 11) is 1.81. The van der Waals surface area contributed by atoms with Gasteiger partial charge in [0.25, 0.3) is 0 Å². The van der Waals surface area contributed by atoms with E-state index in [1.54, 1.807) is 16.7 Å². The quantitative estimate of drug-likeness (QED) is 0.780. The molecule has 0 fully saturated rings. The number of nitrogens with two attached hydrogens (primary N) is 1. The average Bonchev–Trinajstić information content (AvgIpc) is 2.87. The number of benzene rings is 1. The van der Waals surface area contributed by atoms with Gasteiger partial charge in [0, 0.05) is 24.8 Å². The third-order valence-electron chi connectivity index (χ3n) is 4.51. The maximum Gasteiger partial charge on any atom is 0.239 e. The van der Waals surface area contributed by atoms with Crippen LogP contribution in [0.5, 0.6) is 0 Å². The number of hydrogen-bond donors (Lipinski definition) is 1. The predicted molar refractivity (Wildman–Crippen MR) is 112 cm³/mol. The van der Waals surface area contributed by atoms with Gasteiger partial charge in [-0.15, -0.1) is 12.4 Å².